The van der Waals surface area contributed by atoms with Gasteiger partial charge in [0, 0.05) is 38.6 Å². The Hall–Kier alpha value is -2.67. The van der Waals surface area contributed by atoms with Crippen LogP contribution in [-0.2, 0) is 4.79 Å². The monoisotopic (exact) mass is 341 g/mol. The second-order valence-electron chi connectivity index (χ2n) is 6.06. The van der Waals surface area contributed by atoms with Crippen LogP contribution < -0.4 is 15.0 Å². The van der Waals surface area contributed by atoms with Gasteiger partial charge in [-0.2, -0.15) is 0 Å². The maximum absolute atomic E-state index is 12.4. The summed E-state index contributed by atoms with van der Waals surface area (Å²) in [7, 11) is 1.60. The molecule has 2 aromatic rings. The van der Waals surface area contributed by atoms with Gasteiger partial charge < -0.3 is 15.0 Å². The van der Waals surface area contributed by atoms with Crippen molar-refractivity contribution in [2.75, 3.05) is 50.1 Å². The zero-order valence-corrected chi connectivity index (χ0v) is 14.6. The second-order valence-corrected chi connectivity index (χ2v) is 6.06. The van der Waals surface area contributed by atoms with E-state index in [9.17, 15) is 4.79 Å². The quantitative estimate of drug-likeness (QED) is 0.890. The molecule has 0 spiro atoms. The van der Waals surface area contributed by atoms with Crippen molar-refractivity contribution >= 4 is 17.5 Å². The van der Waals surface area contributed by atoms with Gasteiger partial charge in [0.15, 0.2) is 0 Å². The average Bonchev–Trinajstić information content (AvgIpc) is 2.63. The number of methoxy groups -OCH3 is 1. The molecule has 3 rings (SSSR count). The zero-order valence-electron chi connectivity index (χ0n) is 14.6. The number of piperazine rings is 1. The standard InChI is InChI=1S/C18H23N5O2/c1-14-4-5-16(25-2)15(12-14)21-17(24)13-22-8-10-23(11-9-22)18-19-6-3-7-20-18/h3-7,12H,8-11,13H2,1-2H3,(H,21,24). The van der Waals surface area contributed by atoms with Gasteiger partial charge in [0.25, 0.3) is 0 Å². The lowest BCUT2D eigenvalue weighted by atomic mass is 10.2. The van der Waals surface area contributed by atoms with E-state index >= 15 is 0 Å². The number of aromatic nitrogens is 2. The molecule has 0 bridgehead atoms. The summed E-state index contributed by atoms with van der Waals surface area (Å²) in [6.45, 7) is 5.57. The van der Waals surface area contributed by atoms with E-state index in [-0.39, 0.29) is 5.91 Å². The second kappa shape index (κ2) is 7.94. The van der Waals surface area contributed by atoms with Gasteiger partial charge >= 0.3 is 0 Å². The number of hydrogen-bond donors (Lipinski definition) is 1. The van der Waals surface area contributed by atoms with Crippen molar-refractivity contribution in [1.82, 2.24) is 14.9 Å². The van der Waals surface area contributed by atoms with Gasteiger partial charge in [-0.15, -0.1) is 0 Å². The van der Waals surface area contributed by atoms with Gasteiger partial charge in [-0.3, -0.25) is 9.69 Å². The number of anilines is 2. The molecule has 7 heteroatoms. The molecule has 0 aliphatic carbocycles. The molecular formula is C18H23N5O2. The van der Waals surface area contributed by atoms with Crippen molar-refractivity contribution in [3.63, 3.8) is 0 Å². The highest BCUT2D eigenvalue weighted by molar-refractivity contribution is 5.93. The molecule has 1 saturated heterocycles. The minimum absolute atomic E-state index is 0.0340. The fraction of sp³-hybridized carbons (Fsp3) is 0.389. The van der Waals surface area contributed by atoms with Crippen LogP contribution in [0.1, 0.15) is 5.56 Å². The Balaban J connectivity index is 1.52. The normalized spacial score (nSPS) is 15.0. The number of hydrogen-bond acceptors (Lipinski definition) is 6. The van der Waals surface area contributed by atoms with Gasteiger partial charge in [-0.05, 0) is 30.7 Å². The maximum atomic E-state index is 12.4. The molecule has 1 fully saturated rings. The van der Waals surface area contributed by atoms with Crippen LogP contribution in [0.3, 0.4) is 0 Å². The molecule has 0 atom stereocenters. The highest BCUT2D eigenvalue weighted by Gasteiger charge is 2.20. The molecule has 25 heavy (non-hydrogen) atoms. The fourth-order valence-corrected chi connectivity index (χ4v) is 2.87. The van der Waals surface area contributed by atoms with Crippen molar-refractivity contribution in [2.45, 2.75) is 6.92 Å². The smallest absolute Gasteiger partial charge is 0.238 e. The lowest BCUT2D eigenvalue weighted by molar-refractivity contribution is -0.117. The number of rotatable bonds is 5. The van der Waals surface area contributed by atoms with Crippen LogP contribution in [0.15, 0.2) is 36.7 Å². The first kappa shape index (κ1) is 17.2. The van der Waals surface area contributed by atoms with Crippen molar-refractivity contribution < 1.29 is 9.53 Å². The molecule has 0 saturated carbocycles. The Morgan fingerprint density at radius 1 is 1.20 bits per heavy atom. The Labute approximate surface area is 147 Å². The van der Waals surface area contributed by atoms with Crippen molar-refractivity contribution in [1.29, 1.82) is 0 Å². The number of aryl methyl sites for hydroxylation is 1. The van der Waals surface area contributed by atoms with E-state index in [1.54, 1.807) is 19.5 Å². The van der Waals surface area contributed by atoms with E-state index in [0.29, 0.717) is 18.0 Å². The Bertz CT molecular complexity index is 715. The zero-order chi connectivity index (χ0) is 17.6. The van der Waals surface area contributed by atoms with E-state index in [2.05, 4.69) is 25.1 Å². The van der Waals surface area contributed by atoms with E-state index in [4.69, 9.17) is 4.74 Å². The number of benzene rings is 1. The molecule has 1 aliphatic heterocycles. The molecule has 1 amide bonds. The maximum Gasteiger partial charge on any atom is 0.238 e. The van der Waals surface area contributed by atoms with Crippen molar-refractivity contribution in [3.05, 3.63) is 42.2 Å². The van der Waals surface area contributed by atoms with Crippen LogP contribution in [0.5, 0.6) is 5.75 Å². The van der Waals surface area contributed by atoms with E-state index in [1.165, 1.54) is 0 Å². The van der Waals surface area contributed by atoms with Crippen molar-refractivity contribution in [3.8, 4) is 5.75 Å². The van der Waals surface area contributed by atoms with Crippen LogP contribution in [0.2, 0.25) is 0 Å². The molecule has 2 heterocycles. The summed E-state index contributed by atoms with van der Waals surface area (Å²) in [6, 6.07) is 7.55. The molecule has 0 unspecified atom stereocenters. The first-order chi connectivity index (χ1) is 12.2. The molecule has 0 radical (unpaired) electrons. The van der Waals surface area contributed by atoms with Gasteiger partial charge in [0.05, 0.1) is 19.3 Å². The summed E-state index contributed by atoms with van der Waals surface area (Å²) in [5.41, 5.74) is 1.79. The fourth-order valence-electron chi connectivity index (χ4n) is 2.87. The summed E-state index contributed by atoms with van der Waals surface area (Å²) < 4.78 is 5.31. The number of amides is 1. The SMILES string of the molecule is COc1ccc(C)cc1NC(=O)CN1CCN(c2ncccn2)CC1. The Morgan fingerprint density at radius 3 is 2.60 bits per heavy atom. The summed E-state index contributed by atoms with van der Waals surface area (Å²) in [4.78, 5) is 25.2. The lowest BCUT2D eigenvalue weighted by Gasteiger charge is -2.34. The van der Waals surface area contributed by atoms with Gasteiger partial charge in [-0.25, -0.2) is 9.97 Å². The number of ether oxygens (including phenoxy) is 1. The third-order valence-electron chi connectivity index (χ3n) is 4.20. The van der Waals surface area contributed by atoms with E-state index in [0.717, 1.165) is 37.7 Å². The Morgan fingerprint density at radius 2 is 1.92 bits per heavy atom. The van der Waals surface area contributed by atoms with Crippen LogP contribution >= 0.6 is 0 Å². The molecule has 7 nitrogen and oxygen atoms in total. The van der Waals surface area contributed by atoms with Crippen LogP contribution in [-0.4, -0.2) is 60.6 Å². The molecule has 1 aromatic carbocycles. The third-order valence-corrected chi connectivity index (χ3v) is 4.20. The van der Waals surface area contributed by atoms with E-state index < -0.39 is 0 Å². The topological polar surface area (TPSA) is 70.6 Å². The predicted octanol–water partition coefficient (Wildman–Crippen LogP) is 1.55. The number of nitrogens with zero attached hydrogens (tertiary/aromatic N) is 4. The number of carbonyl (C=O) groups excluding carboxylic acids is 1. The van der Waals surface area contributed by atoms with Crippen LogP contribution in [0, 0.1) is 6.92 Å². The average molecular weight is 341 g/mol. The van der Waals surface area contributed by atoms with E-state index in [1.807, 2.05) is 31.2 Å². The number of nitrogens with one attached hydrogen (secondary N) is 1. The molecule has 1 N–H and O–H groups in total. The first-order valence-corrected chi connectivity index (χ1v) is 8.34. The summed E-state index contributed by atoms with van der Waals surface area (Å²) in [6.07, 6.45) is 3.49. The molecule has 1 aliphatic rings. The molecule has 132 valence electrons. The predicted molar refractivity (Wildman–Crippen MR) is 97.0 cm³/mol. The highest BCUT2D eigenvalue weighted by atomic mass is 16.5. The van der Waals surface area contributed by atoms with Gasteiger partial charge in [-0.1, -0.05) is 6.07 Å². The van der Waals surface area contributed by atoms with Crippen molar-refractivity contribution in [2.24, 2.45) is 0 Å². The minimum Gasteiger partial charge on any atom is -0.495 e. The Kier molecular flexibility index (Phi) is 5.45. The largest absolute Gasteiger partial charge is 0.495 e. The molecular weight excluding hydrogens is 318 g/mol. The minimum atomic E-state index is -0.0340. The third kappa shape index (κ3) is 4.45. The van der Waals surface area contributed by atoms with Crippen LogP contribution in [0.4, 0.5) is 11.6 Å². The number of carbonyl (C=O) groups is 1. The molecule has 1 aromatic heterocycles. The summed E-state index contributed by atoms with van der Waals surface area (Å²) in [5.74, 6) is 1.38. The lowest BCUT2D eigenvalue weighted by Crippen LogP contribution is -2.49. The van der Waals surface area contributed by atoms with Gasteiger partial charge in [0.2, 0.25) is 11.9 Å². The van der Waals surface area contributed by atoms with Crippen LogP contribution in [0.25, 0.3) is 0 Å². The summed E-state index contributed by atoms with van der Waals surface area (Å²) in [5, 5.41) is 2.95. The summed E-state index contributed by atoms with van der Waals surface area (Å²) >= 11 is 0. The highest BCUT2D eigenvalue weighted by Crippen LogP contribution is 2.25. The van der Waals surface area contributed by atoms with Gasteiger partial charge in [0.1, 0.15) is 5.75 Å². The first-order valence-electron chi connectivity index (χ1n) is 8.34.